The number of nitrogens with two attached hydrogens (primary N) is 3. The van der Waals surface area contributed by atoms with Crippen LogP contribution in [0.25, 0.3) is 11.1 Å². The molecule has 45 heavy (non-hydrogen) atoms. The van der Waals surface area contributed by atoms with Gasteiger partial charge in [0.05, 0.1) is 5.54 Å². The summed E-state index contributed by atoms with van der Waals surface area (Å²) in [5, 5.41) is 20.1. The van der Waals surface area contributed by atoms with E-state index in [0.29, 0.717) is 24.7 Å². The van der Waals surface area contributed by atoms with Gasteiger partial charge in [0.2, 0.25) is 0 Å². The second kappa shape index (κ2) is 15.9. The minimum atomic E-state index is -2.70. The largest absolute Gasteiger partial charge is 0.490 e. The lowest BCUT2D eigenvalue weighted by Gasteiger charge is -2.50. The number of benzene rings is 1. The zero-order valence-corrected chi connectivity index (χ0v) is 25.8. The van der Waals surface area contributed by atoms with Gasteiger partial charge in [0.25, 0.3) is 18.3 Å². The molecule has 0 aliphatic carbocycles. The van der Waals surface area contributed by atoms with Crippen molar-refractivity contribution < 1.29 is 42.1 Å². The molecular formula is C25H33N9O9S2. The van der Waals surface area contributed by atoms with Crippen LogP contribution in [0.2, 0.25) is 0 Å². The van der Waals surface area contributed by atoms with Gasteiger partial charge >= 0.3 is 11.4 Å². The van der Waals surface area contributed by atoms with Crippen molar-refractivity contribution in [2.75, 3.05) is 31.2 Å². The number of hydroxylamine groups is 2. The number of hydrogen-bond acceptors (Lipinski definition) is 14. The van der Waals surface area contributed by atoms with Crippen LogP contribution in [0.15, 0.2) is 41.0 Å². The van der Waals surface area contributed by atoms with Crippen LogP contribution < -0.4 is 27.3 Å². The van der Waals surface area contributed by atoms with Crippen molar-refractivity contribution in [3.8, 4) is 16.9 Å². The average molecular weight is 668 g/mol. The van der Waals surface area contributed by atoms with Crippen LogP contribution in [0, 0.1) is 0 Å². The fraction of sp³-hybridized carbons (Fsp3) is 0.360. The molecule has 3 heterocycles. The molecular weight excluding hydrogens is 634 g/mol. The Morgan fingerprint density at radius 2 is 1.96 bits per heavy atom. The van der Waals surface area contributed by atoms with Gasteiger partial charge in [-0.05, 0) is 44.5 Å². The SMILES string of the molecule is CC1(C)[C@H](NC(=O)/C(=N\OCCOc2ccc(-c3cn(CCCN)nc3N)cc2)c2csc(N)n2)C(=O)N1OS(=O)O.O=CO. The number of β-lactam (4-membered cyclic amide) rings is 1. The number of hydrogen-bond donors (Lipinski definition) is 6. The number of carboxylic acid groups (broad SMARTS) is 1. The fourth-order valence-corrected chi connectivity index (χ4v) is 4.99. The maximum atomic E-state index is 13.1. The first-order valence-electron chi connectivity index (χ1n) is 13.1. The summed E-state index contributed by atoms with van der Waals surface area (Å²) in [6.07, 6.45) is 2.67. The predicted octanol–water partition coefficient (Wildman–Crippen LogP) is 0.194. The van der Waals surface area contributed by atoms with Crippen LogP contribution in [0.4, 0.5) is 10.9 Å². The summed E-state index contributed by atoms with van der Waals surface area (Å²) in [5.74, 6) is -0.479. The highest BCUT2D eigenvalue weighted by atomic mass is 32.2. The van der Waals surface area contributed by atoms with Gasteiger partial charge in [-0.3, -0.25) is 23.6 Å². The topological polar surface area (TPSA) is 273 Å². The molecule has 0 radical (unpaired) electrons. The Balaban J connectivity index is 0.00000177. The number of oxime groups is 1. The van der Waals surface area contributed by atoms with Gasteiger partial charge in [-0.1, -0.05) is 17.3 Å². The van der Waals surface area contributed by atoms with Crippen LogP contribution in [0.5, 0.6) is 5.75 Å². The summed E-state index contributed by atoms with van der Waals surface area (Å²) in [6, 6.07) is 6.22. The third-order valence-electron chi connectivity index (χ3n) is 6.22. The summed E-state index contributed by atoms with van der Waals surface area (Å²) in [7, 11) is 0. The van der Waals surface area contributed by atoms with Crippen molar-refractivity contribution in [1.29, 1.82) is 0 Å². The summed E-state index contributed by atoms with van der Waals surface area (Å²) in [6.45, 7) is 4.19. The molecule has 9 N–H and O–H groups in total. The molecule has 1 aliphatic heterocycles. The molecule has 4 rings (SSSR count). The Kier molecular flexibility index (Phi) is 12.3. The Labute approximate surface area is 263 Å². The molecule has 3 aromatic rings. The van der Waals surface area contributed by atoms with Crippen molar-refractivity contribution in [1.82, 2.24) is 25.1 Å². The molecule has 1 aliphatic rings. The lowest BCUT2D eigenvalue weighted by molar-refractivity contribution is -0.216. The number of nitrogens with one attached hydrogen (secondary N) is 1. The van der Waals surface area contributed by atoms with E-state index >= 15 is 0 Å². The molecule has 2 aromatic heterocycles. The van der Waals surface area contributed by atoms with Gasteiger partial charge in [-0.15, -0.1) is 15.6 Å². The molecule has 1 aromatic carbocycles. The molecule has 0 bridgehead atoms. The van der Waals surface area contributed by atoms with Gasteiger partial charge in [0.1, 0.15) is 24.1 Å². The molecule has 1 saturated heterocycles. The van der Waals surface area contributed by atoms with E-state index in [9.17, 15) is 13.8 Å². The molecule has 2 atom stereocenters. The molecule has 0 saturated carbocycles. The molecule has 2 amide bonds. The number of thiazole rings is 1. The zero-order chi connectivity index (χ0) is 33.1. The van der Waals surface area contributed by atoms with Crippen LogP contribution in [-0.4, -0.2) is 89.0 Å². The van der Waals surface area contributed by atoms with E-state index < -0.39 is 34.8 Å². The van der Waals surface area contributed by atoms with Gasteiger partial charge in [0, 0.05) is 23.7 Å². The summed E-state index contributed by atoms with van der Waals surface area (Å²) < 4.78 is 32.0. The third kappa shape index (κ3) is 8.95. The Morgan fingerprint density at radius 3 is 2.53 bits per heavy atom. The summed E-state index contributed by atoms with van der Waals surface area (Å²) in [5.41, 5.74) is 17.8. The molecule has 20 heteroatoms. The second-order valence-corrected chi connectivity index (χ2v) is 11.1. The van der Waals surface area contributed by atoms with Crippen molar-refractivity contribution >= 4 is 57.6 Å². The lowest BCUT2D eigenvalue weighted by atomic mass is 9.84. The van der Waals surface area contributed by atoms with E-state index in [1.807, 2.05) is 18.3 Å². The molecule has 18 nitrogen and oxygen atoms in total. The maximum absolute atomic E-state index is 13.1. The number of nitrogens with zero attached hydrogens (tertiary/aromatic N) is 5. The predicted molar refractivity (Wildman–Crippen MR) is 164 cm³/mol. The van der Waals surface area contributed by atoms with E-state index in [2.05, 4.69) is 24.8 Å². The van der Waals surface area contributed by atoms with Crippen molar-refractivity contribution in [2.24, 2.45) is 10.9 Å². The van der Waals surface area contributed by atoms with Crippen molar-refractivity contribution in [3.05, 3.63) is 41.5 Å². The Morgan fingerprint density at radius 1 is 1.27 bits per heavy atom. The van der Waals surface area contributed by atoms with Crippen LogP contribution in [-0.2, 0) is 41.4 Å². The Bertz CT molecular complexity index is 1530. The van der Waals surface area contributed by atoms with Crippen LogP contribution in [0.1, 0.15) is 26.0 Å². The smallest absolute Gasteiger partial charge is 0.325 e. The quantitative estimate of drug-likeness (QED) is 0.0335. The molecule has 0 spiro atoms. The van der Waals surface area contributed by atoms with E-state index in [-0.39, 0.29) is 36.2 Å². The first-order chi connectivity index (χ1) is 21.4. The zero-order valence-electron chi connectivity index (χ0n) is 24.2. The number of ether oxygens (including phenoxy) is 1. The van der Waals surface area contributed by atoms with Gasteiger partial charge in [0.15, 0.2) is 23.3 Å². The monoisotopic (exact) mass is 667 g/mol. The highest BCUT2D eigenvalue weighted by molar-refractivity contribution is 7.74. The van der Waals surface area contributed by atoms with E-state index in [4.69, 9.17) is 41.2 Å². The highest BCUT2D eigenvalue weighted by Crippen LogP contribution is 2.32. The number of anilines is 2. The number of nitrogen functional groups attached to an aromatic ring is 2. The van der Waals surface area contributed by atoms with Gasteiger partial charge in [-0.2, -0.15) is 14.4 Å². The van der Waals surface area contributed by atoms with Crippen molar-refractivity contribution in [3.63, 3.8) is 0 Å². The van der Waals surface area contributed by atoms with Gasteiger partial charge < -0.3 is 37.2 Å². The lowest BCUT2D eigenvalue weighted by Crippen LogP contribution is -2.76. The maximum Gasteiger partial charge on any atom is 0.325 e. The van der Waals surface area contributed by atoms with E-state index in [0.717, 1.165) is 33.9 Å². The van der Waals surface area contributed by atoms with Crippen LogP contribution in [0.3, 0.4) is 0 Å². The molecule has 244 valence electrons. The minimum absolute atomic E-state index is 0.0171. The summed E-state index contributed by atoms with van der Waals surface area (Å²) >= 11 is -1.61. The summed E-state index contributed by atoms with van der Waals surface area (Å²) in [4.78, 5) is 43.2. The number of aryl methyl sites for hydroxylation is 1. The number of aromatic nitrogens is 3. The van der Waals surface area contributed by atoms with E-state index in [1.165, 1.54) is 5.38 Å². The highest BCUT2D eigenvalue weighted by Gasteiger charge is 2.57. The molecule has 1 unspecified atom stereocenters. The molecule has 1 fully saturated rings. The first-order valence-corrected chi connectivity index (χ1v) is 15.0. The minimum Gasteiger partial charge on any atom is -0.490 e. The second-order valence-electron chi connectivity index (χ2n) is 9.64. The number of amides is 2. The normalized spacial score (nSPS) is 16.2. The van der Waals surface area contributed by atoms with Gasteiger partial charge in [-0.25, -0.2) is 4.98 Å². The average Bonchev–Trinajstić information content (AvgIpc) is 3.60. The fourth-order valence-electron chi connectivity index (χ4n) is 4.05. The van der Waals surface area contributed by atoms with E-state index in [1.54, 1.807) is 30.7 Å². The number of carbonyl (C=O) groups is 3. The van der Waals surface area contributed by atoms with Crippen LogP contribution >= 0.6 is 11.3 Å². The first kappa shape index (κ1) is 34.9. The number of rotatable bonds is 14. The third-order valence-corrected chi connectivity index (χ3v) is 7.17. The standard InChI is InChI=1S/C24H31N9O7S2.CH2O2/c1-24(2)19(22(35)33(24)40-42(36)37)29-21(34)18(17-13-41-23(27)28-17)31-39-11-10-38-15-6-4-14(5-7-15)16-12-32(9-3-8-25)30-20(16)26;2-1-3/h4-7,12-13,19H,3,8-11,25H2,1-2H3,(H2,26,30)(H2,27,28)(H,29,34)(H,36,37);1H,(H,2,3)/b31-18-;/t19-;/m1./s1. The Hall–Kier alpha value is -4.63. The number of carbonyl (C=O) groups excluding carboxylic acids is 2. The van der Waals surface area contributed by atoms with Crippen molar-refractivity contribution in [2.45, 2.75) is 38.4 Å².